The molecular weight excluding hydrogens is 299 g/mol. The summed E-state index contributed by atoms with van der Waals surface area (Å²) in [6, 6.07) is 11.0. The minimum Gasteiger partial charge on any atom is -0.454 e. The predicted octanol–water partition coefficient (Wildman–Crippen LogP) is 4.58. The van der Waals surface area contributed by atoms with Crippen LogP contribution >= 0.6 is 15.9 Å². The van der Waals surface area contributed by atoms with Crippen molar-refractivity contribution >= 4 is 21.7 Å². The Morgan fingerprint density at radius 3 is 2.44 bits per heavy atom. The molecule has 0 atom stereocenters. The van der Waals surface area contributed by atoms with Crippen LogP contribution in [0.25, 0.3) is 0 Å². The molecule has 0 amide bonds. The second-order valence-corrected chi connectivity index (χ2v) is 4.67. The van der Waals surface area contributed by atoms with Crippen molar-refractivity contribution in [2.24, 2.45) is 0 Å². The average Bonchev–Trinajstić information content (AvgIpc) is 2.34. The molecule has 0 aliphatic heterocycles. The molecule has 0 bridgehead atoms. The molecule has 2 aromatic rings. The molecule has 92 valence electrons. The SMILES string of the molecule is CC(=O)c1ccc(Oc2cc(Br)ccc2F)cc1. The van der Waals surface area contributed by atoms with E-state index in [-0.39, 0.29) is 11.5 Å². The van der Waals surface area contributed by atoms with Crippen molar-refractivity contribution < 1.29 is 13.9 Å². The van der Waals surface area contributed by atoms with Crippen LogP contribution in [-0.4, -0.2) is 5.78 Å². The van der Waals surface area contributed by atoms with Crippen molar-refractivity contribution in [3.05, 3.63) is 58.3 Å². The van der Waals surface area contributed by atoms with Gasteiger partial charge in [0.1, 0.15) is 5.75 Å². The van der Waals surface area contributed by atoms with Crippen LogP contribution in [0.4, 0.5) is 4.39 Å². The van der Waals surface area contributed by atoms with E-state index in [9.17, 15) is 9.18 Å². The maximum atomic E-state index is 13.5. The van der Waals surface area contributed by atoms with Crippen LogP contribution in [0, 0.1) is 5.82 Å². The third-order valence-corrected chi connectivity index (χ3v) is 2.88. The van der Waals surface area contributed by atoms with Crippen LogP contribution < -0.4 is 4.74 Å². The normalized spacial score (nSPS) is 10.2. The van der Waals surface area contributed by atoms with Crippen molar-refractivity contribution in [1.29, 1.82) is 0 Å². The molecule has 2 rings (SSSR count). The number of ether oxygens (including phenoxy) is 1. The lowest BCUT2D eigenvalue weighted by Gasteiger charge is -2.07. The van der Waals surface area contributed by atoms with Crippen LogP contribution in [0.2, 0.25) is 0 Å². The minimum absolute atomic E-state index is 0.0183. The van der Waals surface area contributed by atoms with E-state index in [0.717, 1.165) is 4.47 Å². The molecule has 0 N–H and O–H groups in total. The number of rotatable bonds is 3. The number of Topliss-reactive ketones (excluding diaryl/α,β-unsaturated/α-hetero) is 1. The summed E-state index contributed by atoms with van der Waals surface area (Å²) in [5, 5.41) is 0. The molecule has 0 radical (unpaired) electrons. The quantitative estimate of drug-likeness (QED) is 0.776. The van der Waals surface area contributed by atoms with Gasteiger partial charge in [0.05, 0.1) is 0 Å². The summed E-state index contributed by atoms with van der Waals surface area (Å²) in [6.45, 7) is 1.49. The van der Waals surface area contributed by atoms with Crippen molar-refractivity contribution in [2.75, 3.05) is 0 Å². The number of carbonyl (C=O) groups is 1. The van der Waals surface area contributed by atoms with Gasteiger partial charge < -0.3 is 4.74 Å². The summed E-state index contributed by atoms with van der Waals surface area (Å²) in [5.41, 5.74) is 0.595. The zero-order valence-corrected chi connectivity index (χ0v) is 11.2. The van der Waals surface area contributed by atoms with Crippen LogP contribution in [0.1, 0.15) is 17.3 Å². The lowest BCUT2D eigenvalue weighted by molar-refractivity contribution is 0.101. The van der Waals surface area contributed by atoms with E-state index in [0.29, 0.717) is 11.3 Å². The van der Waals surface area contributed by atoms with E-state index >= 15 is 0 Å². The number of ketones is 1. The molecule has 2 nitrogen and oxygen atoms in total. The van der Waals surface area contributed by atoms with Gasteiger partial charge in [-0.25, -0.2) is 4.39 Å². The highest BCUT2D eigenvalue weighted by molar-refractivity contribution is 9.10. The Morgan fingerprint density at radius 2 is 1.83 bits per heavy atom. The van der Waals surface area contributed by atoms with Crippen molar-refractivity contribution in [3.8, 4) is 11.5 Å². The molecule has 0 saturated carbocycles. The summed E-state index contributed by atoms with van der Waals surface area (Å²) in [5.74, 6) is 0.168. The van der Waals surface area contributed by atoms with Gasteiger partial charge in [0.15, 0.2) is 17.3 Å². The summed E-state index contributed by atoms with van der Waals surface area (Å²) in [7, 11) is 0. The summed E-state index contributed by atoms with van der Waals surface area (Å²) in [6.07, 6.45) is 0. The standard InChI is InChI=1S/C14H10BrFO2/c1-9(17)10-2-5-12(6-3-10)18-14-8-11(15)4-7-13(14)16/h2-8H,1H3. The summed E-state index contributed by atoms with van der Waals surface area (Å²) >= 11 is 3.25. The fraction of sp³-hybridized carbons (Fsp3) is 0.0714. The lowest BCUT2D eigenvalue weighted by Crippen LogP contribution is -1.92. The number of carbonyl (C=O) groups excluding carboxylic acids is 1. The predicted molar refractivity (Wildman–Crippen MR) is 70.6 cm³/mol. The molecule has 0 aliphatic carbocycles. The third kappa shape index (κ3) is 2.96. The smallest absolute Gasteiger partial charge is 0.165 e. The van der Waals surface area contributed by atoms with Gasteiger partial charge in [0.2, 0.25) is 0 Å². The number of benzene rings is 2. The van der Waals surface area contributed by atoms with Crippen LogP contribution in [0.15, 0.2) is 46.9 Å². The van der Waals surface area contributed by atoms with E-state index in [4.69, 9.17) is 4.74 Å². The van der Waals surface area contributed by atoms with Gasteiger partial charge in [-0.2, -0.15) is 0 Å². The first-order valence-electron chi connectivity index (χ1n) is 5.30. The Bertz CT molecular complexity index is 579. The van der Waals surface area contributed by atoms with Gasteiger partial charge in [0, 0.05) is 10.0 Å². The number of halogens is 2. The van der Waals surface area contributed by atoms with E-state index in [1.54, 1.807) is 36.4 Å². The van der Waals surface area contributed by atoms with Gasteiger partial charge in [-0.15, -0.1) is 0 Å². The Balaban J connectivity index is 2.23. The number of hydrogen-bond acceptors (Lipinski definition) is 2. The largest absolute Gasteiger partial charge is 0.454 e. The highest BCUT2D eigenvalue weighted by Crippen LogP contribution is 2.27. The first kappa shape index (κ1) is 12.8. The molecule has 2 aromatic carbocycles. The van der Waals surface area contributed by atoms with E-state index in [1.807, 2.05) is 0 Å². The molecular formula is C14H10BrFO2. The lowest BCUT2D eigenvalue weighted by atomic mass is 10.1. The average molecular weight is 309 g/mol. The monoisotopic (exact) mass is 308 g/mol. The number of hydrogen-bond donors (Lipinski definition) is 0. The maximum Gasteiger partial charge on any atom is 0.165 e. The van der Waals surface area contributed by atoms with Crippen molar-refractivity contribution in [2.45, 2.75) is 6.92 Å². The second kappa shape index (κ2) is 5.31. The van der Waals surface area contributed by atoms with Gasteiger partial charge in [-0.3, -0.25) is 4.79 Å². The third-order valence-electron chi connectivity index (χ3n) is 2.38. The Labute approximate surface area is 113 Å². The summed E-state index contributed by atoms with van der Waals surface area (Å²) < 4.78 is 19.6. The van der Waals surface area contributed by atoms with Gasteiger partial charge in [-0.1, -0.05) is 15.9 Å². The van der Waals surface area contributed by atoms with Crippen LogP contribution in [0.3, 0.4) is 0 Å². The van der Waals surface area contributed by atoms with E-state index in [1.165, 1.54) is 13.0 Å². The van der Waals surface area contributed by atoms with Crippen LogP contribution in [-0.2, 0) is 0 Å². The zero-order chi connectivity index (χ0) is 13.1. The highest BCUT2D eigenvalue weighted by Gasteiger charge is 2.06. The van der Waals surface area contributed by atoms with Crippen molar-refractivity contribution in [1.82, 2.24) is 0 Å². The molecule has 0 heterocycles. The molecule has 18 heavy (non-hydrogen) atoms. The van der Waals surface area contributed by atoms with Gasteiger partial charge in [0.25, 0.3) is 0 Å². The van der Waals surface area contributed by atoms with E-state index < -0.39 is 5.82 Å². The fourth-order valence-corrected chi connectivity index (χ4v) is 1.78. The Hall–Kier alpha value is -1.68. The fourth-order valence-electron chi connectivity index (χ4n) is 1.44. The zero-order valence-electron chi connectivity index (χ0n) is 9.61. The van der Waals surface area contributed by atoms with Crippen molar-refractivity contribution in [3.63, 3.8) is 0 Å². The van der Waals surface area contributed by atoms with E-state index in [2.05, 4.69) is 15.9 Å². The Morgan fingerprint density at radius 1 is 1.17 bits per heavy atom. The van der Waals surface area contributed by atoms with Gasteiger partial charge >= 0.3 is 0 Å². The molecule has 0 aromatic heterocycles. The molecule has 0 unspecified atom stereocenters. The molecule has 4 heteroatoms. The topological polar surface area (TPSA) is 26.3 Å². The second-order valence-electron chi connectivity index (χ2n) is 3.76. The Kier molecular flexibility index (Phi) is 3.77. The van der Waals surface area contributed by atoms with Gasteiger partial charge in [-0.05, 0) is 49.4 Å². The first-order valence-corrected chi connectivity index (χ1v) is 6.09. The highest BCUT2D eigenvalue weighted by atomic mass is 79.9. The summed E-state index contributed by atoms with van der Waals surface area (Å²) in [4.78, 5) is 11.1. The minimum atomic E-state index is -0.436. The molecule has 0 fully saturated rings. The molecule has 0 saturated heterocycles. The molecule has 0 spiro atoms. The first-order chi connectivity index (χ1) is 8.56. The van der Waals surface area contributed by atoms with Crippen LogP contribution in [0.5, 0.6) is 11.5 Å². The molecule has 0 aliphatic rings. The maximum absolute atomic E-state index is 13.5.